The van der Waals surface area contributed by atoms with Gasteiger partial charge in [-0.1, -0.05) is 18.2 Å². The fourth-order valence-electron chi connectivity index (χ4n) is 2.96. The average Bonchev–Trinajstić information content (AvgIpc) is 3.30. The van der Waals surface area contributed by atoms with Gasteiger partial charge in [-0.3, -0.25) is 4.99 Å². The van der Waals surface area contributed by atoms with Crippen LogP contribution in [0.25, 0.3) is 0 Å². The molecule has 1 aromatic carbocycles. The number of nitrogens with one attached hydrogen (secondary N) is 2. The molecule has 0 amide bonds. The van der Waals surface area contributed by atoms with Crippen LogP contribution in [0.1, 0.15) is 11.3 Å². The van der Waals surface area contributed by atoms with Gasteiger partial charge in [0.25, 0.3) is 0 Å². The second-order valence-corrected chi connectivity index (χ2v) is 6.79. The van der Waals surface area contributed by atoms with Crippen LogP contribution in [-0.2, 0) is 6.54 Å². The number of hydrogen-bond donors (Lipinski definition) is 2. The number of thiophene rings is 1. The first-order valence-electron chi connectivity index (χ1n) is 8.17. The lowest BCUT2D eigenvalue weighted by molar-refractivity contribution is 0.415. The Balaban J connectivity index is 1.55. The van der Waals surface area contributed by atoms with Gasteiger partial charge in [-0.15, -0.1) is 11.3 Å². The van der Waals surface area contributed by atoms with Crippen LogP contribution in [-0.4, -0.2) is 39.2 Å². The third kappa shape index (κ3) is 4.00. The maximum atomic E-state index is 5.48. The van der Waals surface area contributed by atoms with Gasteiger partial charge in [-0.25, -0.2) is 0 Å². The number of nitrogens with zero attached hydrogens (tertiary/aromatic N) is 2. The van der Waals surface area contributed by atoms with E-state index < -0.39 is 0 Å². The molecule has 3 rings (SSSR count). The van der Waals surface area contributed by atoms with E-state index in [4.69, 9.17) is 4.74 Å². The van der Waals surface area contributed by atoms with E-state index in [9.17, 15) is 0 Å². The van der Waals surface area contributed by atoms with Crippen molar-refractivity contribution in [2.45, 2.75) is 19.0 Å². The molecule has 2 heterocycles. The maximum absolute atomic E-state index is 5.48. The van der Waals surface area contributed by atoms with Gasteiger partial charge < -0.3 is 20.3 Å². The largest absolute Gasteiger partial charge is 0.495 e. The number of hydrogen-bond acceptors (Lipinski definition) is 4. The second-order valence-electron chi connectivity index (χ2n) is 5.75. The Hall–Kier alpha value is -2.21. The van der Waals surface area contributed by atoms with Crippen molar-refractivity contribution in [2.24, 2.45) is 4.99 Å². The molecule has 0 bridgehead atoms. The number of guanidine groups is 1. The first-order valence-corrected chi connectivity index (χ1v) is 9.05. The zero-order valence-corrected chi connectivity index (χ0v) is 15.0. The van der Waals surface area contributed by atoms with Gasteiger partial charge in [0.1, 0.15) is 5.75 Å². The first-order chi connectivity index (χ1) is 11.8. The lowest BCUT2D eigenvalue weighted by Crippen LogP contribution is -2.44. The summed E-state index contributed by atoms with van der Waals surface area (Å²) in [5.74, 6) is 1.79. The number of aliphatic imine (C=N–C) groups is 1. The molecular formula is C18H24N4OS. The quantitative estimate of drug-likeness (QED) is 0.647. The van der Waals surface area contributed by atoms with Crippen molar-refractivity contribution in [1.82, 2.24) is 10.6 Å². The fourth-order valence-corrected chi connectivity index (χ4v) is 3.60. The molecular weight excluding hydrogens is 320 g/mol. The monoisotopic (exact) mass is 344 g/mol. The molecule has 1 unspecified atom stereocenters. The Kier molecular flexibility index (Phi) is 5.59. The minimum atomic E-state index is 0.379. The number of benzene rings is 1. The summed E-state index contributed by atoms with van der Waals surface area (Å²) in [7, 11) is 3.54. The molecule has 1 saturated heterocycles. The zero-order valence-electron chi connectivity index (χ0n) is 14.2. The molecule has 5 nitrogen and oxygen atoms in total. The molecule has 0 saturated carbocycles. The second kappa shape index (κ2) is 8.06. The highest BCUT2D eigenvalue weighted by Gasteiger charge is 2.25. The van der Waals surface area contributed by atoms with Crippen LogP contribution in [0.5, 0.6) is 5.75 Å². The molecule has 1 fully saturated rings. The maximum Gasteiger partial charge on any atom is 0.191 e. The molecule has 0 aliphatic carbocycles. The third-order valence-electron chi connectivity index (χ3n) is 4.19. The van der Waals surface area contributed by atoms with E-state index >= 15 is 0 Å². The summed E-state index contributed by atoms with van der Waals surface area (Å²) < 4.78 is 5.48. The number of para-hydroxylation sites is 2. The summed E-state index contributed by atoms with van der Waals surface area (Å²) in [5.41, 5.74) is 1.16. The van der Waals surface area contributed by atoms with Gasteiger partial charge in [0.2, 0.25) is 0 Å². The van der Waals surface area contributed by atoms with Crippen LogP contribution < -0.4 is 20.3 Å². The normalized spacial score (nSPS) is 17.8. The highest BCUT2D eigenvalue weighted by atomic mass is 32.1. The minimum absolute atomic E-state index is 0.379. The van der Waals surface area contributed by atoms with E-state index in [2.05, 4.69) is 50.2 Å². The van der Waals surface area contributed by atoms with Gasteiger partial charge >= 0.3 is 0 Å². The highest BCUT2D eigenvalue weighted by molar-refractivity contribution is 7.09. The lowest BCUT2D eigenvalue weighted by atomic mass is 10.2. The first kappa shape index (κ1) is 16.6. The average molecular weight is 344 g/mol. The van der Waals surface area contributed by atoms with Crippen molar-refractivity contribution in [1.29, 1.82) is 0 Å². The molecule has 1 atom stereocenters. The van der Waals surface area contributed by atoms with Gasteiger partial charge in [-0.2, -0.15) is 0 Å². The van der Waals surface area contributed by atoms with Crippen LogP contribution in [0.15, 0.2) is 46.8 Å². The van der Waals surface area contributed by atoms with E-state index in [1.807, 2.05) is 19.2 Å². The van der Waals surface area contributed by atoms with E-state index in [0.29, 0.717) is 6.04 Å². The molecule has 24 heavy (non-hydrogen) atoms. The number of ether oxygens (including phenoxy) is 1. The van der Waals surface area contributed by atoms with Crippen molar-refractivity contribution in [2.75, 3.05) is 32.1 Å². The molecule has 1 aliphatic rings. The molecule has 0 radical (unpaired) electrons. The molecule has 6 heteroatoms. The van der Waals surface area contributed by atoms with Crippen LogP contribution in [0.4, 0.5) is 5.69 Å². The zero-order chi connectivity index (χ0) is 16.8. The Labute approximate surface area is 147 Å². The summed E-state index contributed by atoms with van der Waals surface area (Å²) in [6.45, 7) is 2.76. The fraction of sp³-hybridized carbons (Fsp3) is 0.389. The molecule has 0 spiro atoms. The van der Waals surface area contributed by atoms with Gasteiger partial charge in [0, 0.05) is 31.1 Å². The Bertz CT molecular complexity index is 671. The summed E-state index contributed by atoms with van der Waals surface area (Å²) >= 11 is 1.75. The number of rotatable bonds is 5. The SMILES string of the molecule is CN=C(NCc1cccs1)NC1CCN(c2ccccc2OC)C1. The summed E-state index contributed by atoms with van der Waals surface area (Å²) in [6.07, 6.45) is 1.08. The Morgan fingerprint density at radius 3 is 2.96 bits per heavy atom. The molecule has 1 aliphatic heterocycles. The van der Waals surface area contributed by atoms with Crippen LogP contribution in [0.3, 0.4) is 0 Å². The Morgan fingerprint density at radius 1 is 1.33 bits per heavy atom. The van der Waals surface area contributed by atoms with E-state index in [1.165, 1.54) is 4.88 Å². The minimum Gasteiger partial charge on any atom is -0.495 e. The van der Waals surface area contributed by atoms with E-state index in [0.717, 1.165) is 43.5 Å². The van der Waals surface area contributed by atoms with Crippen molar-refractivity contribution < 1.29 is 4.74 Å². The van der Waals surface area contributed by atoms with Crippen LogP contribution in [0, 0.1) is 0 Å². The summed E-state index contributed by atoms with van der Waals surface area (Å²) in [6, 6.07) is 12.8. The van der Waals surface area contributed by atoms with E-state index in [1.54, 1.807) is 18.4 Å². The van der Waals surface area contributed by atoms with Crippen molar-refractivity contribution in [3.05, 3.63) is 46.7 Å². The van der Waals surface area contributed by atoms with Crippen molar-refractivity contribution in [3.63, 3.8) is 0 Å². The molecule has 1 aromatic heterocycles. The lowest BCUT2D eigenvalue weighted by Gasteiger charge is -2.22. The molecule has 2 N–H and O–H groups in total. The van der Waals surface area contributed by atoms with Gasteiger partial charge in [0.15, 0.2) is 5.96 Å². The summed E-state index contributed by atoms with van der Waals surface area (Å²) in [4.78, 5) is 8.01. The standard InChI is InChI=1S/C18H24N4OS/c1-19-18(20-12-15-6-5-11-24-15)21-14-9-10-22(13-14)16-7-3-4-8-17(16)23-2/h3-8,11,14H,9-10,12-13H2,1-2H3,(H2,19,20,21). The smallest absolute Gasteiger partial charge is 0.191 e. The van der Waals surface area contributed by atoms with Crippen molar-refractivity contribution >= 4 is 23.0 Å². The Morgan fingerprint density at radius 2 is 2.21 bits per heavy atom. The van der Waals surface area contributed by atoms with Crippen molar-refractivity contribution in [3.8, 4) is 5.75 Å². The number of anilines is 1. The van der Waals surface area contributed by atoms with Gasteiger partial charge in [-0.05, 0) is 30.0 Å². The molecule has 128 valence electrons. The predicted molar refractivity (Wildman–Crippen MR) is 101 cm³/mol. The van der Waals surface area contributed by atoms with Crippen LogP contribution >= 0.6 is 11.3 Å². The molecule has 2 aromatic rings. The third-order valence-corrected chi connectivity index (χ3v) is 5.07. The van der Waals surface area contributed by atoms with E-state index in [-0.39, 0.29) is 0 Å². The summed E-state index contributed by atoms with van der Waals surface area (Å²) in [5, 5.41) is 9.00. The predicted octanol–water partition coefficient (Wildman–Crippen LogP) is 2.70. The number of methoxy groups -OCH3 is 1. The van der Waals surface area contributed by atoms with Crippen LogP contribution in [0.2, 0.25) is 0 Å². The van der Waals surface area contributed by atoms with Gasteiger partial charge in [0.05, 0.1) is 19.3 Å². The highest BCUT2D eigenvalue weighted by Crippen LogP contribution is 2.30. The topological polar surface area (TPSA) is 48.9 Å².